The lowest BCUT2D eigenvalue weighted by Gasteiger charge is -2.34. The predicted molar refractivity (Wildman–Crippen MR) is 112 cm³/mol. The quantitative estimate of drug-likeness (QED) is 0.571. The molecule has 0 aliphatic carbocycles. The van der Waals surface area contributed by atoms with E-state index in [0.29, 0.717) is 18.0 Å². The van der Waals surface area contributed by atoms with Crippen LogP contribution in [0.2, 0.25) is 0 Å². The zero-order valence-electron chi connectivity index (χ0n) is 16.7. The number of rotatable bonds is 7. The first kappa shape index (κ1) is 20.8. The van der Waals surface area contributed by atoms with E-state index in [1.54, 1.807) is 11.0 Å². The molecule has 0 saturated carbocycles. The summed E-state index contributed by atoms with van der Waals surface area (Å²) < 4.78 is 0. The molecule has 1 saturated heterocycles. The number of aliphatic hydroxyl groups is 1. The standard InChI is InChI=1S/C22H27N3O4/c1-17-9-11-23(12-10-17)21-8-7-19(25(28)29)15-20(21)22(27)24(13-14-26)16-18-5-3-2-4-6-18/h2-8,15,17,26H,9-14,16H2,1H3. The van der Waals surface area contributed by atoms with Gasteiger partial charge in [0.1, 0.15) is 0 Å². The second-order valence-corrected chi connectivity index (χ2v) is 7.56. The van der Waals surface area contributed by atoms with Crippen LogP contribution < -0.4 is 4.90 Å². The number of aliphatic hydroxyl groups excluding tert-OH is 1. The number of nitro groups is 1. The summed E-state index contributed by atoms with van der Waals surface area (Å²) in [5.41, 5.74) is 1.88. The summed E-state index contributed by atoms with van der Waals surface area (Å²) in [6, 6.07) is 14.0. The molecule has 1 aliphatic rings. The molecule has 3 rings (SSSR count). The third kappa shape index (κ3) is 5.12. The van der Waals surface area contributed by atoms with Gasteiger partial charge in [-0.3, -0.25) is 14.9 Å². The zero-order chi connectivity index (χ0) is 20.8. The van der Waals surface area contributed by atoms with Crippen LogP contribution in [-0.2, 0) is 6.54 Å². The number of hydrogen-bond acceptors (Lipinski definition) is 5. The highest BCUT2D eigenvalue weighted by atomic mass is 16.6. The molecule has 7 heteroatoms. The largest absolute Gasteiger partial charge is 0.395 e. The third-order valence-electron chi connectivity index (χ3n) is 5.42. The number of nitrogens with zero attached hydrogens (tertiary/aromatic N) is 3. The van der Waals surface area contributed by atoms with Crippen LogP contribution in [0.15, 0.2) is 48.5 Å². The molecule has 0 bridgehead atoms. The number of amides is 1. The maximum atomic E-state index is 13.4. The van der Waals surface area contributed by atoms with E-state index < -0.39 is 4.92 Å². The van der Waals surface area contributed by atoms with E-state index in [1.807, 2.05) is 30.3 Å². The molecule has 154 valence electrons. The van der Waals surface area contributed by atoms with Gasteiger partial charge in [0.2, 0.25) is 0 Å². The number of anilines is 1. The average molecular weight is 397 g/mol. The summed E-state index contributed by atoms with van der Waals surface area (Å²) >= 11 is 0. The monoisotopic (exact) mass is 397 g/mol. The molecular formula is C22H27N3O4. The van der Waals surface area contributed by atoms with Crippen molar-refractivity contribution < 1.29 is 14.8 Å². The van der Waals surface area contributed by atoms with Gasteiger partial charge >= 0.3 is 0 Å². The SMILES string of the molecule is CC1CCN(c2ccc([N+](=O)[O-])cc2C(=O)N(CCO)Cc2ccccc2)CC1. The average Bonchev–Trinajstić information content (AvgIpc) is 2.74. The van der Waals surface area contributed by atoms with E-state index >= 15 is 0 Å². The second-order valence-electron chi connectivity index (χ2n) is 7.56. The van der Waals surface area contributed by atoms with Gasteiger partial charge in [0, 0.05) is 38.3 Å². The van der Waals surface area contributed by atoms with Gasteiger partial charge in [-0.25, -0.2) is 0 Å². The van der Waals surface area contributed by atoms with E-state index in [4.69, 9.17) is 0 Å². The molecule has 1 heterocycles. The topological polar surface area (TPSA) is 86.9 Å². The molecule has 0 spiro atoms. The van der Waals surface area contributed by atoms with Crippen LogP contribution in [0, 0.1) is 16.0 Å². The molecular weight excluding hydrogens is 370 g/mol. The van der Waals surface area contributed by atoms with Crippen molar-refractivity contribution in [3.05, 3.63) is 69.8 Å². The van der Waals surface area contributed by atoms with Crippen LogP contribution in [0.25, 0.3) is 0 Å². The minimum atomic E-state index is -0.480. The molecule has 1 aliphatic heterocycles. The molecule has 2 aromatic carbocycles. The molecule has 1 amide bonds. The Hall–Kier alpha value is -2.93. The van der Waals surface area contributed by atoms with Gasteiger partial charge in [-0.15, -0.1) is 0 Å². The van der Waals surface area contributed by atoms with Gasteiger partial charge < -0.3 is 14.9 Å². The summed E-state index contributed by atoms with van der Waals surface area (Å²) in [4.78, 5) is 27.9. The Kier molecular flexibility index (Phi) is 6.82. The number of hydrogen-bond donors (Lipinski definition) is 1. The maximum Gasteiger partial charge on any atom is 0.270 e. The highest BCUT2D eigenvalue weighted by molar-refractivity contribution is 6.00. The van der Waals surface area contributed by atoms with E-state index in [9.17, 15) is 20.0 Å². The van der Waals surface area contributed by atoms with Crippen molar-refractivity contribution in [1.82, 2.24) is 4.90 Å². The Morgan fingerprint density at radius 2 is 1.90 bits per heavy atom. The first-order valence-corrected chi connectivity index (χ1v) is 9.97. The van der Waals surface area contributed by atoms with Crippen LogP contribution in [0.4, 0.5) is 11.4 Å². The number of piperidine rings is 1. The maximum absolute atomic E-state index is 13.4. The van der Waals surface area contributed by atoms with E-state index in [1.165, 1.54) is 12.1 Å². The first-order valence-electron chi connectivity index (χ1n) is 9.97. The molecule has 7 nitrogen and oxygen atoms in total. The van der Waals surface area contributed by atoms with Gasteiger partial charge in [0.25, 0.3) is 11.6 Å². The van der Waals surface area contributed by atoms with E-state index in [0.717, 1.165) is 37.2 Å². The van der Waals surface area contributed by atoms with Crippen molar-refractivity contribution in [1.29, 1.82) is 0 Å². The Morgan fingerprint density at radius 1 is 1.21 bits per heavy atom. The lowest BCUT2D eigenvalue weighted by Crippen LogP contribution is -2.37. The number of nitro benzene ring substituents is 1. The van der Waals surface area contributed by atoms with E-state index in [-0.39, 0.29) is 24.7 Å². The predicted octanol–water partition coefficient (Wildman–Crippen LogP) is 3.47. The lowest BCUT2D eigenvalue weighted by molar-refractivity contribution is -0.384. The smallest absolute Gasteiger partial charge is 0.270 e. The van der Waals surface area contributed by atoms with Crippen LogP contribution >= 0.6 is 0 Å². The fourth-order valence-electron chi connectivity index (χ4n) is 3.68. The summed E-state index contributed by atoms with van der Waals surface area (Å²) in [5, 5.41) is 20.8. The second kappa shape index (κ2) is 9.52. The molecule has 0 atom stereocenters. The minimum Gasteiger partial charge on any atom is -0.395 e. The lowest BCUT2D eigenvalue weighted by atomic mass is 9.97. The number of benzene rings is 2. The van der Waals surface area contributed by atoms with Crippen molar-refractivity contribution in [2.75, 3.05) is 31.1 Å². The van der Waals surface area contributed by atoms with Gasteiger partial charge in [0.05, 0.1) is 22.8 Å². The van der Waals surface area contributed by atoms with Crippen LogP contribution in [-0.4, -0.2) is 47.1 Å². The summed E-state index contributed by atoms with van der Waals surface area (Å²) in [5.74, 6) is 0.327. The number of carbonyl (C=O) groups excluding carboxylic acids is 1. The van der Waals surface area contributed by atoms with Crippen LogP contribution in [0.3, 0.4) is 0 Å². The Bertz CT molecular complexity index is 848. The van der Waals surface area contributed by atoms with Gasteiger partial charge in [-0.1, -0.05) is 37.3 Å². The molecule has 0 aromatic heterocycles. The summed E-state index contributed by atoms with van der Waals surface area (Å²) in [7, 11) is 0. The third-order valence-corrected chi connectivity index (χ3v) is 5.42. The Morgan fingerprint density at radius 3 is 2.52 bits per heavy atom. The van der Waals surface area contributed by atoms with Crippen LogP contribution in [0.5, 0.6) is 0 Å². The summed E-state index contributed by atoms with van der Waals surface area (Å²) in [6.07, 6.45) is 2.05. The van der Waals surface area contributed by atoms with Crippen molar-refractivity contribution in [2.45, 2.75) is 26.3 Å². The molecule has 2 aromatic rings. The molecule has 1 N–H and O–H groups in total. The van der Waals surface area contributed by atoms with Crippen LogP contribution in [0.1, 0.15) is 35.7 Å². The Labute approximate surface area is 170 Å². The zero-order valence-corrected chi connectivity index (χ0v) is 16.7. The Balaban J connectivity index is 1.94. The van der Waals surface area contributed by atoms with E-state index in [2.05, 4.69) is 11.8 Å². The highest BCUT2D eigenvalue weighted by Gasteiger charge is 2.26. The molecule has 29 heavy (non-hydrogen) atoms. The normalized spacial score (nSPS) is 14.6. The molecule has 0 unspecified atom stereocenters. The van der Waals surface area contributed by atoms with Crippen molar-refractivity contribution in [3.8, 4) is 0 Å². The van der Waals surface area contributed by atoms with Gasteiger partial charge in [0.15, 0.2) is 0 Å². The fourth-order valence-corrected chi connectivity index (χ4v) is 3.68. The highest BCUT2D eigenvalue weighted by Crippen LogP contribution is 2.30. The van der Waals surface area contributed by atoms with Crippen molar-refractivity contribution in [3.63, 3.8) is 0 Å². The van der Waals surface area contributed by atoms with Crippen molar-refractivity contribution in [2.24, 2.45) is 5.92 Å². The van der Waals surface area contributed by atoms with Crippen molar-refractivity contribution >= 4 is 17.3 Å². The molecule has 1 fully saturated rings. The fraction of sp³-hybridized carbons (Fsp3) is 0.409. The first-order chi connectivity index (χ1) is 14.0. The van der Waals surface area contributed by atoms with Gasteiger partial charge in [-0.2, -0.15) is 0 Å². The number of carbonyl (C=O) groups is 1. The minimum absolute atomic E-state index is 0.105. The molecule has 0 radical (unpaired) electrons. The number of non-ortho nitro benzene ring substituents is 1. The van der Waals surface area contributed by atoms with Gasteiger partial charge in [-0.05, 0) is 30.4 Å². The summed E-state index contributed by atoms with van der Waals surface area (Å²) in [6.45, 7) is 4.16.